The molecule has 12 heteroatoms. The van der Waals surface area contributed by atoms with E-state index >= 15 is 0 Å². The first-order valence-electron chi connectivity index (χ1n) is 16.4. The average Bonchev–Trinajstić information content (AvgIpc) is 3.83. The third-order valence-corrected chi connectivity index (χ3v) is 10.4. The van der Waals surface area contributed by atoms with Crippen molar-refractivity contribution in [1.29, 1.82) is 0 Å². The molecule has 1 aromatic heterocycles. The predicted molar refractivity (Wildman–Crippen MR) is 187 cm³/mol. The Hall–Kier alpha value is -3.84. The Morgan fingerprint density at radius 3 is 2.21 bits per heavy atom. The monoisotopic (exact) mass is 678 g/mol. The van der Waals surface area contributed by atoms with E-state index in [1.807, 2.05) is 77.1 Å². The van der Waals surface area contributed by atoms with Crippen LogP contribution in [0.5, 0.6) is 0 Å². The van der Waals surface area contributed by atoms with E-state index in [4.69, 9.17) is 5.73 Å². The summed E-state index contributed by atoms with van der Waals surface area (Å²) in [5.74, 6) is -0.843. The Kier molecular flexibility index (Phi) is 12.0. The van der Waals surface area contributed by atoms with Crippen LogP contribution in [0.25, 0.3) is 0 Å². The van der Waals surface area contributed by atoms with Gasteiger partial charge < -0.3 is 21.5 Å². The molecule has 3 aromatic rings. The van der Waals surface area contributed by atoms with Crippen molar-refractivity contribution >= 4 is 27.5 Å². The van der Waals surface area contributed by atoms with Crippen LogP contribution in [-0.4, -0.2) is 72.4 Å². The summed E-state index contributed by atoms with van der Waals surface area (Å²) < 4.78 is 28.7. The number of benzene rings is 2. The van der Waals surface area contributed by atoms with Gasteiger partial charge in [0.15, 0.2) is 0 Å². The maximum absolute atomic E-state index is 14.0. The van der Waals surface area contributed by atoms with E-state index in [1.54, 1.807) is 12.4 Å². The number of nitrogens with zero attached hydrogens (tertiary/aromatic N) is 2. The van der Waals surface area contributed by atoms with Crippen molar-refractivity contribution in [3.63, 3.8) is 0 Å². The van der Waals surface area contributed by atoms with E-state index in [2.05, 4.69) is 20.9 Å². The summed E-state index contributed by atoms with van der Waals surface area (Å²) in [6.07, 6.45) is 4.24. The van der Waals surface area contributed by atoms with E-state index in [-0.39, 0.29) is 48.3 Å². The van der Waals surface area contributed by atoms with Crippen molar-refractivity contribution in [2.75, 3.05) is 25.4 Å². The van der Waals surface area contributed by atoms with Crippen molar-refractivity contribution < 1.29 is 23.1 Å². The van der Waals surface area contributed by atoms with Gasteiger partial charge in [0.05, 0.1) is 23.6 Å². The molecule has 0 radical (unpaired) electrons. The zero-order valence-corrected chi connectivity index (χ0v) is 29.3. The highest BCUT2D eigenvalue weighted by Crippen LogP contribution is 2.44. The number of hydrogen-bond donors (Lipinski definition) is 5. The summed E-state index contributed by atoms with van der Waals surface area (Å²) in [6, 6.07) is 17.3. The fourth-order valence-electron chi connectivity index (χ4n) is 5.70. The second-order valence-corrected chi connectivity index (χ2v) is 16.1. The van der Waals surface area contributed by atoms with Crippen molar-refractivity contribution in [3.8, 4) is 0 Å². The van der Waals surface area contributed by atoms with Crippen LogP contribution >= 0.6 is 0 Å². The predicted octanol–water partition coefficient (Wildman–Crippen LogP) is 3.21. The Morgan fingerprint density at radius 1 is 0.979 bits per heavy atom. The Labute approximate surface area is 284 Å². The Balaban J connectivity index is 1.52. The molecule has 4 rings (SSSR count). The highest BCUT2D eigenvalue weighted by atomic mass is 32.2. The molecule has 1 heterocycles. The Bertz CT molecular complexity index is 1610. The minimum atomic E-state index is -3.99. The van der Waals surface area contributed by atoms with Crippen LogP contribution in [0.15, 0.2) is 84.0 Å². The lowest BCUT2D eigenvalue weighted by atomic mass is 9.85. The van der Waals surface area contributed by atoms with Crippen LogP contribution in [0.4, 0.5) is 5.69 Å². The largest absolute Gasteiger partial charge is 0.399 e. The van der Waals surface area contributed by atoms with Crippen molar-refractivity contribution in [2.45, 2.75) is 82.5 Å². The molecule has 260 valence electrons. The number of nitrogens with two attached hydrogens (primary N) is 1. The molecule has 3 atom stereocenters. The molecule has 0 bridgehead atoms. The summed E-state index contributed by atoms with van der Waals surface area (Å²) in [4.78, 5) is 31.5. The average molecular weight is 679 g/mol. The van der Waals surface area contributed by atoms with Crippen LogP contribution < -0.4 is 21.7 Å². The van der Waals surface area contributed by atoms with Gasteiger partial charge >= 0.3 is 0 Å². The van der Waals surface area contributed by atoms with Crippen molar-refractivity contribution in [3.05, 3.63) is 90.3 Å². The van der Waals surface area contributed by atoms with Crippen LogP contribution in [0.2, 0.25) is 0 Å². The van der Waals surface area contributed by atoms with Gasteiger partial charge in [0, 0.05) is 36.7 Å². The van der Waals surface area contributed by atoms with Crippen LogP contribution in [0.1, 0.15) is 58.6 Å². The molecule has 0 spiro atoms. The standard InChI is InChI=1S/C36H50N6O5S/c1-25(2)23-42(48(46,47)29-15-13-28(37)14-16-29)24-31(43)30(20-26-10-7-6-8-11-26)40-34(45)33(35(3,4)5)41-32(44)22-39-36(17-18-36)27-12-9-19-38-21-27/h6-16,19,21,25,30-31,33,39,43H,17-18,20,22-24,37H2,1-5H3,(H,40,45)(H,41,44)/t30-,31+,33?/m0/s1. The number of nitrogen functional groups attached to an aromatic ring is 1. The fourth-order valence-corrected chi connectivity index (χ4v) is 7.32. The first-order chi connectivity index (χ1) is 22.6. The summed E-state index contributed by atoms with van der Waals surface area (Å²) in [7, 11) is -3.99. The SMILES string of the molecule is CC(C)CN(C[C@@H](O)[C@H](Cc1ccccc1)NC(=O)C(NC(=O)CNC1(c2cccnc2)CC1)C(C)(C)C)S(=O)(=O)c1ccc(N)cc1. The molecular weight excluding hydrogens is 629 g/mol. The first-order valence-corrected chi connectivity index (χ1v) is 17.9. The number of carbonyl (C=O) groups is 2. The maximum Gasteiger partial charge on any atom is 0.243 e. The van der Waals surface area contributed by atoms with Crippen LogP contribution in [0.3, 0.4) is 0 Å². The van der Waals surface area contributed by atoms with Gasteiger partial charge in [-0.2, -0.15) is 4.31 Å². The molecule has 1 aliphatic rings. The van der Waals surface area contributed by atoms with Gasteiger partial charge in [-0.05, 0) is 72.1 Å². The lowest BCUT2D eigenvalue weighted by Gasteiger charge is -2.34. The molecule has 6 N–H and O–H groups in total. The third kappa shape index (κ3) is 9.85. The van der Waals surface area contributed by atoms with Crippen molar-refractivity contribution in [2.24, 2.45) is 11.3 Å². The fraction of sp³-hybridized carbons (Fsp3) is 0.472. The summed E-state index contributed by atoms with van der Waals surface area (Å²) >= 11 is 0. The molecule has 1 saturated carbocycles. The number of anilines is 1. The summed E-state index contributed by atoms with van der Waals surface area (Å²) in [5.41, 5.74) is 7.12. The van der Waals surface area contributed by atoms with E-state index < -0.39 is 39.5 Å². The zero-order chi connectivity index (χ0) is 35.1. The molecule has 11 nitrogen and oxygen atoms in total. The van der Waals surface area contributed by atoms with Crippen LogP contribution in [-0.2, 0) is 31.6 Å². The molecular formula is C36H50N6O5S. The molecule has 1 fully saturated rings. The number of carbonyl (C=O) groups excluding carboxylic acids is 2. The number of aromatic nitrogens is 1. The van der Waals surface area contributed by atoms with Gasteiger partial charge in [-0.3, -0.25) is 19.9 Å². The number of amides is 2. The molecule has 48 heavy (non-hydrogen) atoms. The normalized spacial score (nSPS) is 16.2. The van der Waals surface area contributed by atoms with Gasteiger partial charge in [0.2, 0.25) is 21.8 Å². The second kappa shape index (κ2) is 15.6. The number of aliphatic hydroxyl groups is 1. The third-order valence-electron chi connectivity index (χ3n) is 8.55. The van der Waals surface area contributed by atoms with Gasteiger partial charge in [-0.15, -0.1) is 0 Å². The van der Waals surface area contributed by atoms with Crippen LogP contribution in [0, 0.1) is 11.3 Å². The molecule has 0 aliphatic heterocycles. The highest BCUT2D eigenvalue weighted by molar-refractivity contribution is 7.89. The molecule has 2 aromatic carbocycles. The van der Waals surface area contributed by atoms with Gasteiger partial charge in [0.25, 0.3) is 0 Å². The smallest absolute Gasteiger partial charge is 0.243 e. The number of sulfonamides is 1. The number of hydrogen-bond acceptors (Lipinski definition) is 8. The minimum absolute atomic E-state index is 0.0119. The second-order valence-electron chi connectivity index (χ2n) is 14.2. The lowest BCUT2D eigenvalue weighted by Crippen LogP contribution is -2.59. The van der Waals surface area contributed by atoms with Gasteiger partial charge in [0.1, 0.15) is 6.04 Å². The van der Waals surface area contributed by atoms with E-state index in [0.717, 1.165) is 24.0 Å². The van der Waals surface area contributed by atoms with E-state index in [0.29, 0.717) is 5.69 Å². The number of pyridine rings is 1. The van der Waals surface area contributed by atoms with Gasteiger partial charge in [-0.1, -0.05) is 71.0 Å². The molecule has 2 amide bonds. The lowest BCUT2D eigenvalue weighted by molar-refractivity contribution is -0.132. The minimum Gasteiger partial charge on any atom is -0.399 e. The first kappa shape index (κ1) is 37.0. The molecule has 1 aliphatic carbocycles. The van der Waals surface area contributed by atoms with Crippen molar-refractivity contribution in [1.82, 2.24) is 25.2 Å². The summed E-state index contributed by atoms with van der Waals surface area (Å²) in [5, 5.41) is 20.9. The van der Waals surface area contributed by atoms with E-state index in [1.165, 1.54) is 28.6 Å². The molecule has 1 unspecified atom stereocenters. The number of rotatable bonds is 16. The Morgan fingerprint density at radius 2 is 1.65 bits per heavy atom. The van der Waals surface area contributed by atoms with Gasteiger partial charge in [-0.25, -0.2) is 8.42 Å². The summed E-state index contributed by atoms with van der Waals surface area (Å²) in [6.45, 7) is 9.28. The number of aliphatic hydroxyl groups excluding tert-OH is 1. The highest BCUT2D eigenvalue weighted by Gasteiger charge is 2.45. The zero-order valence-electron chi connectivity index (χ0n) is 28.5. The quantitative estimate of drug-likeness (QED) is 0.144. The number of nitrogens with one attached hydrogen (secondary N) is 3. The van der Waals surface area contributed by atoms with E-state index in [9.17, 15) is 23.1 Å². The molecule has 0 saturated heterocycles. The maximum atomic E-state index is 14.0. The topological polar surface area (TPSA) is 167 Å².